The summed E-state index contributed by atoms with van der Waals surface area (Å²) >= 11 is 0. The van der Waals surface area contributed by atoms with Gasteiger partial charge in [0.15, 0.2) is 0 Å². The number of β-amino-alcohol motifs (C(OH)–C–C–N with tert-alkyl or cyclic N) is 1. The zero-order valence-corrected chi connectivity index (χ0v) is 14.5. The van der Waals surface area contributed by atoms with Gasteiger partial charge in [-0.25, -0.2) is 0 Å². The van der Waals surface area contributed by atoms with Crippen LogP contribution in [0.25, 0.3) is 0 Å². The third-order valence-electron chi connectivity index (χ3n) is 3.86. The number of morpholine rings is 1. The molecule has 6 heteroatoms. The Kier molecular flexibility index (Phi) is 6.60. The van der Waals surface area contributed by atoms with Crippen LogP contribution in [0.5, 0.6) is 5.75 Å². The van der Waals surface area contributed by atoms with Crippen LogP contribution >= 0.6 is 0 Å². The molecule has 1 aliphatic heterocycles. The number of aliphatic hydroxyl groups is 2. The van der Waals surface area contributed by atoms with Crippen LogP contribution in [0.2, 0.25) is 0 Å². The molecule has 24 heavy (non-hydrogen) atoms. The summed E-state index contributed by atoms with van der Waals surface area (Å²) in [6.07, 6.45) is -0.655. The summed E-state index contributed by atoms with van der Waals surface area (Å²) in [6.45, 7) is 6.55. The van der Waals surface area contributed by atoms with E-state index in [4.69, 9.17) is 9.47 Å². The van der Waals surface area contributed by atoms with Gasteiger partial charge >= 0.3 is 5.97 Å². The van der Waals surface area contributed by atoms with Crippen molar-refractivity contribution in [2.75, 3.05) is 19.7 Å². The summed E-state index contributed by atoms with van der Waals surface area (Å²) in [5.41, 5.74) is 0.992. The Morgan fingerprint density at radius 2 is 1.92 bits per heavy atom. The number of rotatable bonds is 7. The van der Waals surface area contributed by atoms with Crippen molar-refractivity contribution in [2.24, 2.45) is 0 Å². The number of ether oxygens (including phenoxy) is 2. The molecular weight excluding hydrogens is 310 g/mol. The lowest BCUT2D eigenvalue weighted by molar-refractivity contribution is -0.165. The van der Waals surface area contributed by atoms with Crippen molar-refractivity contribution in [3.8, 4) is 5.75 Å². The molecule has 0 aromatic heterocycles. The number of esters is 1. The second-order valence-corrected chi connectivity index (χ2v) is 6.57. The fraction of sp³-hybridized carbons (Fsp3) is 0.611. The summed E-state index contributed by atoms with van der Waals surface area (Å²) in [5, 5.41) is 18.9. The molecule has 0 aliphatic carbocycles. The molecule has 2 rings (SSSR count). The topological polar surface area (TPSA) is 79.2 Å². The molecule has 1 heterocycles. The molecule has 134 valence electrons. The van der Waals surface area contributed by atoms with Crippen LogP contribution in [-0.4, -0.2) is 65.1 Å². The highest BCUT2D eigenvalue weighted by atomic mass is 16.5. The van der Waals surface area contributed by atoms with Crippen LogP contribution in [-0.2, 0) is 16.0 Å². The highest BCUT2D eigenvalue weighted by Crippen LogP contribution is 2.20. The van der Waals surface area contributed by atoms with E-state index >= 15 is 0 Å². The Bertz CT molecular complexity index is 527. The zero-order valence-electron chi connectivity index (χ0n) is 14.5. The summed E-state index contributed by atoms with van der Waals surface area (Å²) in [4.78, 5) is 14.2. The first kappa shape index (κ1) is 18.7. The van der Waals surface area contributed by atoms with E-state index in [9.17, 15) is 15.0 Å². The van der Waals surface area contributed by atoms with E-state index < -0.39 is 12.2 Å². The van der Waals surface area contributed by atoms with E-state index in [1.165, 1.54) is 0 Å². The maximum Gasteiger partial charge on any atom is 0.324 e. The maximum absolute atomic E-state index is 12.2. The Morgan fingerprint density at radius 3 is 2.50 bits per heavy atom. The monoisotopic (exact) mass is 337 g/mol. The highest BCUT2D eigenvalue weighted by molar-refractivity contribution is 5.77. The van der Waals surface area contributed by atoms with Crippen LogP contribution < -0.4 is 4.74 Å². The number of aliphatic hydroxyl groups excluding tert-OH is 2. The first-order chi connectivity index (χ1) is 11.3. The van der Waals surface area contributed by atoms with E-state index in [-0.39, 0.29) is 24.7 Å². The first-order valence-corrected chi connectivity index (χ1v) is 8.37. The molecule has 0 amide bonds. The van der Waals surface area contributed by atoms with Gasteiger partial charge in [0.1, 0.15) is 24.5 Å². The number of cyclic esters (lactones) is 1. The Balaban J connectivity index is 2.02. The van der Waals surface area contributed by atoms with Crippen molar-refractivity contribution in [3.05, 3.63) is 29.8 Å². The Hall–Kier alpha value is -1.63. The lowest BCUT2D eigenvalue weighted by Crippen LogP contribution is -2.54. The van der Waals surface area contributed by atoms with Crippen LogP contribution in [0.1, 0.15) is 26.3 Å². The second-order valence-electron chi connectivity index (χ2n) is 6.57. The molecule has 1 aromatic rings. The van der Waals surface area contributed by atoms with Crippen molar-refractivity contribution in [1.82, 2.24) is 4.90 Å². The lowest BCUT2D eigenvalue weighted by atomic mass is 10.0. The number of carbonyl (C=O) groups is 1. The van der Waals surface area contributed by atoms with E-state index in [1.807, 2.05) is 36.1 Å². The third kappa shape index (κ3) is 5.47. The molecule has 0 radical (unpaired) electrons. The molecule has 1 aromatic carbocycles. The van der Waals surface area contributed by atoms with Gasteiger partial charge in [0.25, 0.3) is 0 Å². The Labute approximate surface area is 143 Å². The van der Waals surface area contributed by atoms with Crippen molar-refractivity contribution in [3.63, 3.8) is 0 Å². The Morgan fingerprint density at radius 1 is 1.25 bits per heavy atom. The predicted molar refractivity (Wildman–Crippen MR) is 89.9 cm³/mol. The largest absolute Gasteiger partial charge is 0.491 e. The van der Waals surface area contributed by atoms with Crippen molar-refractivity contribution in [2.45, 2.75) is 51.5 Å². The van der Waals surface area contributed by atoms with Gasteiger partial charge in [-0.3, -0.25) is 9.69 Å². The smallest absolute Gasteiger partial charge is 0.324 e. The van der Waals surface area contributed by atoms with Gasteiger partial charge in [-0.2, -0.15) is 0 Å². The molecular formula is C18H27NO5. The molecule has 2 N–H and O–H groups in total. The van der Waals surface area contributed by atoms with Crippen molar-refractivity contribution >= 4 is 5.97 Å². The quantitative estimate of drug-likeness (QED) is 0.722. The lowest BCUT2D eigenvalue weighted by Gasteiger charge is -2.38. The minimum absolute atomic E-state index is 0.163. The SMILES string of the molecule is CC(O)COc1ccc(CC2C(=O)OC(C)CN2CC(C)O)cc1. The summed E-state index contributed by atoms with van der Waals surface area (Å²) in [7, 11) is 0. The number of hydrogen-bond donors (Lipinski definition) is 2. The van der Waals surface area contributed by atoms with Crippen molar-refractivity contribution in [1.29, 1.82) is 0 Å². The molecule has 1 fully saturated rings. The van der Waals surface area contributed by atoms with Crippen LogP contribution in [0.15, 0.2) is 24.3 Å². The van der Waals surface area contributed by atoms with Gasteiger partial charge in [0.05, 0.1) is 12.2 Å². The normalized spacial score (nSPS) is 24.3. The van der Waals surface area contributed by atoms with Gasteiger partial charge in [0.2, 0.25) is 0 Å². The molecule has 6 nitrogen and oxygen atoms in total. The van der Waals surface area contributed by atoms with E-state index in [0.717, 1.165) is 5.56 Å². The molecule has 0 spiro atoms. The van der Waals surface area contributed by atoms with Gasteiger partial charge in [-0.05, 0) is 44.9 Å². The van der Waals surface area contributed by atoms with E-state index in [2.05, 4.69) is 0 Å². The van der Waals surface area contributed by atoms with Crippen LogP contribution in [0, 0.1) is 0 Å². The number of hydrogen-bond acceptors (Lipinski definition) is 6. The summed E-state index contributed by atoms with van der Waals surface area (Å²) in [5.74, 6) is 0.434. The zero-order chi connectivity index (χ0) is 17.7. The van der Waals surface area contributed by atoms with Gasteiger partial charge in [0, 0.05) is 13.1 Å². The molecule has 1 aliphatic rings. The van der Waals surface area contributed by atoms with Crippen molar-refractivity contribution < 1.29 is 24.5 Å². The highest BCUT2D eigenvalue weighted by Gasteiger charge is 2.35. The predicted octanol–water partition coefficient (Wildman–Crippen LogP) is 0.985. The van der Waals surface area contributed by atoms with E-state index in [0.29, 0.717) is 25.3 Å². The molecule has 4 unspecified atom stereocenters. The third-order valence-corrected chi connectivity index (χ3v) is 3.86. The maximum atomic E-state index is 12.2. The average molecular weight is 337 g/mol. The average Bonchev–Trinajstić information content (AvgIpc) is 2.49. The number of benzene rings is 1. The molecule has 0 bridgehead atoms. The van der Waals surface area contributed by atoms with Gasteiger partial charge in [-0.1, -0.05) is 12.1 Å². The number of carbonyl (C=O) groups excluding carboxylic acids is 1. The van der Waals surface area contributed by atoms with E-state index in [1.54, 1.807) is 13.8 Å². The standard InChI is InChI=1S/C18H27NO5/c1-12(20)9-19-10-14(3)24-18(22)17(19)8-15-4-6-16(7-5-15)23-11-13(2)21/h4-7,12-14,17,20-21H,8-11H2,1-3H3. The fourth-order valence-electron chi connectivity index (χ4n) is 2.84. The second kappa shape index (κ2) is 8.46. The van der Waals surface area contributed by atoms with Crippen LogP contribution in [0.4, 0.5) is 0 Å². The first-order valence-electron chi connectivity index (χ1n) is 8.37. The van der Waals surface area contributed by atoms with Crippen LogP contribution in [0.3, 0.4) is 0 Å². The van der Waals surface area contributed by atoms with Gasteiger partial charge in [-0.15, -0.1) is 0 Å². The fourth-order valence-corrected chi connectivity index (χ4v) is 2.84. The minimum atomic E-state index is -0.516. The molecule has 0 saturated carbocycles. The van der Waals surface area contributed by atoms with Gasteiger partial charge < -0.3 is 19.7 Å². The summed E-state index contributed by atoms with van der Waals surface area (Å²) < 4.78 is 10.8. The molecule has 4 atom stereocenters. The minimum Gasteiger partial charge on any atom is -0.491 e. The molecule has 1 saturated heterocycles. The number of nitrogens with zero attached hydrogens (tertiary/aromatic N) is 1. The summed E-state index contributed by atoms with van der Waals surface area (Å²) in [6, 6.07) is 7.08.